The van der Waals surface area contributed by atoms with E-state index in [0.717, 1.165) is 30.0 Å². The number of nitrogens with one attached hydrogen (secondary N) is 1. The molecule has 88 valence electrons. The molecule has 0 bridgehead atoms. The minimum absolute atomic E-state index is 0.0672. The van der Waals surface area contributed by atoms with E-state index in [1.54, 1.807) is 0 Å². The van der Waals surface area contributed by atoms with Crippen molar-refractivity contribution in [3.63, 3.8) is 0 Å². The zero-order chi connectivity index (χ0) is 11.5. The normalized spacial score (nSPS) is 26.2. The molecule has 1 aliphatic rings. The Labute approximate surface area is 102 Å². The molecule has 2 nitrogen and oxygen atoms in total. The molecule has 0 radical (unpaired) electrons. The van der Waals surface area contributed by atoms with Gasteiger partial charge < -0.3 is 10.4 Å². The fraction of sp³-hybridized carbons (Fsp3) is 0.538. The predicted octanol–water partition coefficient (Wildman–Crippen LogP) is 2.76. The van der Waals surface area contributed by atoms with E-state index in [1.165, 1.54) is 0 Å². The number of hydrogen-bond acceptors (Lipinski definition) is 2. The molecule has 0 aliphatic heterocycles. The van der Waals surface area contributed by atoms with Crippen LogP contribution < -0.4 is 5.32 Å². The molecule has 3 heteroatoms. The van der Waals surface area contributed by atoms with Gasteiger partial charge in [0.1, 0.15) is 0 Å². The van der Waals surface area contributed by atoms with Gasteiger partial charge in [-0.25, -0.2) is 0 Å². The van der Waals surface area contributed by atoms with Gasteiger partial charge in [0.05, 0.1) is 6.10 Å². The molecular weight excluding hydrogens is 222 g/mol. The van der Waals surface area contributed by atoms with Crippen LogP contribution in [0.5, 0.6) is 0 Å². The first-order valence-electron chi connectivity index (χ1n) is 5.82. The summed E-state index contributed by atoms with van der Waals surface area (Å²) in [5.74, 6) is 0.625. The van der Waals surface area contributed by atoms with Gasteiger partial charge in [0.2, 0.25) is 0 Å². The first kappa shape index (κ1) is 11.9. The molecule has 0 aromatic heterocycles. The van der Waals surface area contributed by atoms with Gasteiger partial charge in [-0.1, -0.05) is 29.8 Å². The molecule has 16 heavy (non-hydrogen) atoms. The average Bonchev–Trinajstić information content (AvgIpc) is 2.23. The van der Waals surface area contributed by atoms with Gasteiger partial charge in [0.15, 0.2) is 0 Å². The van der Waals surface area contributed by atoms with E-state index in [4.69, 9.17) is 11.6 Å². The molecule has 1 atom stereocenters. The van der Waals surface area contributed by atoms with E-state index in [-0.39, 0.29) is 12.1 Å². The van der Waals surface area contributed by atoms with Crippen LogP contribution in [-0.2, 0) is 0 Å². The summed E-state index contributed by atoms with van der Waals surface area (Å²) in [6.07, 6.45) is 1.80. The molecule has 0 spiro atoms. The quantitative estimate of drug-likeness (QED) is 0.847. The zero-order valence-electron chi connectivity index (χ0n) is 9.49. The van der Waals surface area contributed by atoms with Crippen LogP contribution in [0.2, 0.25) is 5.02 Å². The second kappa shape index (κ2) is 5.17. The number of halogens is 1. The minimum atomic E-state index is -0.0672. The highest BCUT2D eigenvalue weighted by atomic mass is 35.5. The van der Waals surface area contributed by atoms with E-state index in [9.17, 15) is 5.11 Å². The van der Waals surface area contributed by atoms with E-state index >= 15 is 0 Å². The molecule has 2 rings (SSSR count). The van der Waals surface area contributed by atoms with Crippen molar-refractivity contribution in [2.75, 3.05) is 6.54 Å². The van der Waals surface area contributed by atoms with Crippen molar-refractivity contribution in [3.05, 3.63) is 34.9 Å². The minimum Gasteiger partial charge on any atom is -0.393 e. The van der Waals surface area contributed by atoms with Crippen LogP contribution in [-0.4, -0.2) is 17.8 Å². The summed E-state index contributed by atoms with van der Waals surface area (Å²) < 4.78 is 0. The number of hydrogen-bond donors (Lipinski definition) is 2. The van der Waals surface area contributed by atoms with Gasteiger partial charge in [0.25, 0.3) is 0 Å². The fourth-order valence-corrected chi connectivity index (χ4v) is 2.45. The largest absolute Gasteiger partial charge is 0.393 e. The summed E-state index contributed by atoms with van der Waals surface area (Å²) in [5.41, 5.74) is 1.14. The SMILES string of the molecule is CC(NCC1CC(O)C1)c1ccccc1Cl. The van der Waals surface area contributed by atoms with Crippen molar-refractivity contribution in [1.82, 2.24) is 5.32 Å². The Morgan fingerprint density at radius 3 is 2.75 bits per heavy atom. The molecule has 1 fully saturated rings. The lowest BCUT2D eigenvalue weighted by Crippen LogP contribution is -2.37. The second-order valence-corrected chi connectivity index (χ2v) is 5.05. The predicted molar refractivity (Wildman–Crippen MR) is 66.6 cm³/mol. The molecule has 1 aromatic rings. The Kier molecular flexibility index (Phi) is 3.85. The maximum Gasteiger partial charge on any atom is 0.0546 e. The van der Waals surface area contributed by atoms with Crippen molar-refractivity contribution in [2.24, 2.45) is 5.92 Å². The second-order valence-electron chi connectivity index (χ2n) is 4.64. The summed E-state index contributed by atoms with van der Waals surface area (Å²) in [6.45, 7) is 3.08. The zero-order valence-corrected chi connectivity index (χ0v) is 10.2. The highest BCUT2D eigenvalue weighted by Gasteiger charge is 2.27. The standard InChI is InChI=1S/C13H18ClNO/c1-9(12-4-2-3-5-13(12)14)15-8-10-6-11(16)7-10/h2-5,9-11,15-16H,6-8H2,1H3. The Bertz CT molecular complexity index is 350. The lowest BCUT2D eigenvalue weighted by atomic mass is 9.82. The van der Waals surface area contributed by atoms with Crippen molar-refractivity contribution < 1.29 is 5.11 Å². The fourth-order valence-electron chi connectivity index (χ4n) is 2.15. The number of aliphatic hydroxyl groups is 1. The van der Waals surface area contributed by atoms with E-state index in [1.807, 2.05) is 18.2 Å². The number of rotatable bonds is 4. The third kappa shape index (κ3) is 2.76. The maximum atomic E-state index is 9.20. The van der Waals surface area contributed by atoms with Crippen molar-refractivity contribution >= 4 is 11.6 Å². The molecule has 0 heterocycles. The van der Waals surface area contributed by atoms with Gasteiger partial charge in [-0.05, 0) is 43.9 Å². The summed E-state index contributed by atoms with van der Waals surface area (Å²) in [5, 5.41) is 13.5. The van der Waals surface area contributed by atoms with Crippen LogP contribution in [0.1, 0.15) is 31.4 Å². The van der Waals surface area contributed by atoms with Gasteiger partial charge >= 0.3 is 0 Å². The molecule has 0 amide bonds. The van der Waals surface area contributed by atoms with Crippen LogP contribution in [0, 0.1) is 5.92 Å². The third-order valence-electron chi connectivity index (χ3n) is 3.30. The topological polar surface area (TPSA) is 32.3 Å². The Balaban J connectivity index is 1.84. The van der Waals surface area contributed by atoms with E-state index < -0.39 is 0 Å². The lowest BCUT2D eigenvalue weighted by Gasteiger charge is -2.32. The Hall–Kier alpha value is -0.570. The van der Waals surface area contributed by atoms with Crippen molar-refractivity contribution in [2.45, 2.75) is 31.9 Å². The van der Waals surface area contributed by atoms with Crippen LogP contribution in [0.15, 0.2) is 24.3 Å². The first-order chi connectivity index (χ1) is 7.66. The summed E-state index contributed by atoms with van der Waals surface area (Å²) in [4.78, 5) is 0. The van der Waals surface area contributed by atoms with Gasteiger partial charge in [-0.15, -0.1) is 0 Å². The summed E-state index contributed by atoms with van der Waals surface area (Å²) >= 11 is 6.13. The van der Waals surface area contributed by atoms with Gasteiger partial charge in [-0.2, -0.15) is 0 Å². The number of benzene rings is 1. The van der Waals surface area contributed by atoms with Gasteiger partial charge in [-0.3, -0.25) is 0 Å². The third-order valence-corrected chi connectivity index (χ3v) is 3.64. The van der Waals surface area contributed by atoms with Crippen molar-refractivity contribution in [1.29, 1.82) is 0 Å². The van der Waals surface area contributed by atoms with E-state index in [0.29, 0.717) is 5.92 Å². The molecule has 0 saturated heterocycles. The van der Waals surface area contributed by atoms with Gasteiger partial charge in [0, 0.05) is 11.1 Å². The highest BCUT2D eigenvalue weighted by Crippen LogP contribution is 2.28. The average molecular weight is 240 g/mol. The number of aliphatic hydroxyl groups excluding tert-OH is 1. The van der Waals surface area contributed by atoms with Crippen LogP contribution in [0.4, 0.5) is 0 Å². The van der Waals surface area contributed by atoms with Crippen molar-refractivity contribution in [3.8, 4) is 0 Å². The smallest absolute Gasteiger partial charge is 0.0546 e. The lowest BCUT2D eigenvalue weighted by molar-refractivity contribution is 0.0420. The Morgan fingerprint density at radius 2 is 2.12 bits per heavy atom. The molecule has 1 aliphatic carbocycles. The van der Waals surface area contributed by atoms with Crippen LogP contribution in [0.3, 0.4) is 0 Å². The molecule has 2 N–H and O–H groups in total. The molecular formula is C13H18ClNO. The van der Waals surface area contributed by atoms with Crippen LogP contribution >= 0.6 is 11.6 Å². The highest BCUT2D eigenvalue weighted by molar-refractivity contribution is 6.31. The summed E-state index contributed by atoms with van der Waals surface area (Å²) in [7, 11) is 0. The Morgan fingerprint density at radius 1 is 1.44 bits per heavy atom. The van der Waals surface area contributed by atoms with E-state index in [2.05, 4.69) is 18.3 Å². The molecule has 1 unspecified atom stereocenters. The summed E-state index contributed by atoms with van der Waals surface area (Å²) in [6, 6.07) is 8.19. The molecule has 1 saturated carbocycles. The molecule has 1 aromatic carbocycles. The monoisotopic (exact) mass is 239 g/mol. The maximum absolute atomic E-state index is 9.20. The first-order valence-corrected chi connectivity index (χ1v) is 6.20. The van der Waals surface area contributed by atoms with Crippen LogP contribution in [0.25, 0.3) is 0 Å².